The maximum atomic E-state index is 9.67. The van der Waals surface area contributed by atoms with Crippen molar-refractivity contribution in [3.8, 4) is 0 Å². The number of nitrogens with zero attached hydrogens (tertiary/aromatic N) is 2. The Morgan fingerprint density at radius 3 is 2.64 bits per heavy atom. The Kier molecular flexibility index (Phi) is 5.78. The van der Waals surface area contributed by atoms with E-state index in [0.717, 1.165) is 30.9 Å². The number of thiophene rings is 1. The first-order chi connectivity index (χ1) is 10.4. The van der Waals surface area contributed by atoms with Gasteiger partial charge in [0.25, 0.3) is 0 Å². The van der Waals surface area contributed by atoms with E-state index in [0.29, 0.717) is 0 Å². The van der Waals surface area contributed by atoms with Crippen LogP contribution >= 0.6 is 11.3 Å². The van der Waals surface area contributed by atoms with Crippen LogP contribution < -0.4 is 0 Å². The molecule has 1 atom stereocenters. The summed E-state index contributed by atoms with van der Waals surface area (Å²) in [6.45, 7) is 10.4. The van der Waals surface area contributed by atoms with Crippen molar-refractivity contribution in [1.82, 2.24) is 15.1 Å². The zero-order valence-corrected chi connectivity index (χ0v) is 14.8. The van der Waals surface area contributed by atoms with E-state index in [1.807, 2.05) is 0 Å². The second kappa shape index (κ2) is 7.40. The number of aliphatic hydroxyl groups excluding tert-OH is 1. The van der Waals surface area contributed by atoms with Crippen molar-refractivity contribution in [3.05, 3.63) is 39.8 Å². The predicted molar refractivity (Wildman–Crippen MR) is 92.0 cm³/mol. The Bertz CT molecular complexity index is 553. The number of aromatic nitrogens is 2. The normalized spacial score (nSPS) is 13.7. The maximum absolute atomic E-state index is 9.67. The lowest BCUT2D eigenvalue weighted by Gasteiger charge is -2.28. The number of H-pyrrole nitrogens is 1. The van der Waals surface area contributed by atoms with Crippen LogP contribution in [0.2, 0.25) is 0 Å². The van der Waals surface area contributed by atoms with E-state index >= 15 is 0 Å². The predicted octanol–water partition coefficient (Wildman–Crippen LogP) is 3.54. The number of nitrogens with one attached hydrogen (secondary N) is 1. The van der Waals surface area contributed by atoms with Crippen molar-refractivity contribution in [2.24, 2.45) is 0 Å². The summed E-state index contributed by atoms with van der Waals surface area (Å²) in [5.41, 5.74) is 2.23. The summed E-state index contributed by atoms with van der Waals surface area (Å²) in [6, 6.07) is 6.54. The van der Waals surface area contributed by atoms with Crippen molar-refractivity contribution in [1.29, 1.82) is 0 Å². The van der Waals surface area contributed by atoms with Crippen LogP contribution in [0.25, 0.3) is 0 Å². The first-order valence-electron chi connectivity index (χ1n) is 7.86. The Balaban J connectivity index is 2.13. The minimum absolute atomic E-state index is 0.0501. The number of hydrogen-bond donors (Lipinski definition) is 2. The van der Waals surface area contributed by atoms with E-state index in [9.17, 15) is 5.11 Å². The topological polar surface area (TPSA) is 52.1 Å². The first-order valence-corrected chi connectivity index (χ1v) is 8.74. The number of hydrogen-bond acceptors (Lipinski definition) is 4. The Hall–Kier alpha value is -1.17. The molecular formula is C17H27N3OS. The van der Waals surface area contributed by atoms with E-state index in [-0.39, 0.29) is 18.1 Å². The van der Waals surface area contributed by atoms with Gasteiger partial charge in [0.1, 0.15) is 0 Å². The molecule has 0 amide bonds. The minimum atomic E-state index is 0.0501. The van der Waals surface area contributed by atoms with Gasteiger partial charge in [-0.2, -0.15) is 5.10 Å². The molecule has 2 aromatic heterocycles. The fourth-order valence-corrected chi connectivity index (χ4v) is 3.19. The molecule has 0 saturated heterocycles. The smallest absolute Gasteiger partial charge is 0.0678 e. The average Bonchev–Trinajstić information content (AvgIpc) is 3.10. The van der Waals surface area contributed by atoms with Crippen LogP contribution in [0.3, 0.4) is 0 Å². The highest BCUT2D eigenvalue weighted by atomic mass is 32.1. The van der Waals surface area contributed by atoms with E-state index < -0.39 is 0 Å². The fourth-order valence-electron chi connectivity index (χ4n) is 2.47. The summed E-state index contributed by atoms with van der Waals surface area (Å²) in [6.07, 6.45) is 0.933. The summed E-state index contributed by atoms with van der Waals surface area (Å²) in [7, 11) is 0. The third-order valence-electron chi connectivity index (χ3n) is 3.91. The van der Waals surface area contributed by atoms with Gasteiger partial charge in [-0.15, -0.1) is 11.3 Å². The van der Waals surface area contributed by atoms with Gasteiger partial charge in [0, 0.05) is 35.1 Å². The van der Waals surface area contributed by atoms with Gasteiger partial charge in [0.15, 0.2) is 0 Å². The number of rotatable bonds is 7. The van der Waals surface area contributed by atoms with Gasteiger partial charge in [-0.25, -0.2) is 0 Å². The van der Waals surface area contributed by atoms with Crippen LogP contribution in [0, 0.1) is 0 Å². The molecule has 0 unspecified atom stereocenters. The lowest BCUT2D eigenvalue weighted by molar-refractivity contribution is 0.106. The average molecular weight is 321 g/mol. The minimum Gasteiger partial charge on any atom is -0.395 e. The highest BCUT2D eigenvalue weighted by Gasteiger charge is 2.21. The highest BCUT2D eigenvalue weighted by molar-refractivity contribution is 7.09. The Morgan fingerprint density at radius 2 is 2.14 bits per heavy atom. The van der Waals surface area contributed by atoms with Gasteiger partial charge in [-0.3, -0.25) is 10.00 Å². The van der Waals surface area contributed by atoms with Crippen LogP contribution in [-0.4, -0.2) is 32.9 Å². The SMILES string of the molecule is CC[C@H](CO)N(Cc1cc(C(C)(C)C)n[nH]1)Cc1cccs1. The largest absolute Gasteiger partial charge is 0.395 e. The molecule has 2 rings (SSSR count). The van der Waals surface area contributed by atoms with Crippen LogP contribution in [-0.2, 0) is 18.5 Å². The molecule has 0 aliphatic carbocycles. The molecule has 0 fully saturated rings. The summed E-state index contributed by atoms with van der Waals surface area (Å²) < 4.78 is 0. The number of aromatic amines is 1. The van der Waals surface area contributed by atoms with Crippen molar-refractivity contribution in [3.63, 3.8) is 0 Å². The lowest BCUT2D eigenvalue weighted by atomic mass is 9.92. The Morgan fingerprint density at radius 1 is 1.36 bits per heavy atom. The second-order valence-corrected chi connectivity index (χ2v) is 7.79. The highest BCUT2D eigenvalue weighted by Crippen LogP contribution is 2.22. The molecule has 2 N–H and O–H groups in total. The van der Waals surface area contributed by atoms with Crippen molar-refractivity contribution in [2.75, 3.05) is 6.61 Å². The third-order valence-corrected chi connectivity index (χ3v) is 4.77. The molecule has 22 heavy (non-hydrogen) atoms. The summed E-state index contributed by atoms with van der Waals surface area (Å²) in [5.74, 6) is 0. The summed E-state index contributed by atoms with van der Waals surface area (Å²) in [5, 5.41) is 19.4. The molecule has 2 aromatic rings. The fraction of sp³-hybridized carbons (Fsp3) is 0.588. The van der Waals surface area contributed by atoms with Crippen molar-refractivity contribution < 1.29 is 5.11 Å². The van der Waals surface area contributed by atoms with Gasteiger partial charge in [0.2, 0.25) is 0 Å². The van der Waals surface area contributed by atoms with Crippen LogP contribution in [0.5, 0.6) is 0 Å². The molecule has 2 heterocycles. The Labute approximate surface area is 137 Å². The first kappa shape index (κ1) is 17.2. The zero-order chi connectivity index (χ0) is 16.2. The van der Waals surface area contributed by atoms with Gasteiger partial charge >= 0.3 is 0 Å². The molecule has 0 spiro atoms. The standard InChI is InChI=1S/C17H27N3OS/c1-5-14(12-21)20(11-15-7-6-8-22-15)10-13-9-16(19-18-13)17(2,3)4/h6-9,14,21H,5,10-12H2,1-4H3,(H,18,19)/t14-/m1/s1. The maximum Gasteiger partial charge on any atom is 0.0678 e. The third kappa shape index (κ3) is 4.41. The van der Waals surface area contributed by atoms with Gasteiger partial charge < -0.3 is 5.11 Å². The van der Waals surface area contributed by atoms with E-state index in [4.69, 9.17) is 0 Å². The molecule has 4 nitrogen and oxygen atoms in total. The second-order valence-electron chi connectivity index (χ2n) is 6.76. The van der Waals surface area contributed by atoms with Crippen LogP contribution in [0.15, 0.2) is 23.6 Å². The molecule has 0 saturated carbocycles. The molecule has 0 aliphatic rings. The van der Waals surface area contributed by atoms with E-state index in [2.05, 4.69) is 66.4 Å². The lowest BCUT2D eigenvalue weighted by Crippen LogP contribution is -2.36. The van der Waals surface area contributed by atoms with E-state index in [1.165, 1.54) is 4.88 Å². The molecule has 0 aliphatic heterocycles. The van der Waals surface area contributed by atoms with E-state index in [1.54, 1.807) is 11.3 Å². The zero-order valence-electron chi connectivity index (χ0n) is 14.0. The van der Waals surface area contributed by atoms with Crippen LogP contribution in [0.4, 0.5) is 0 Å². The van der Waals surface area contributed by atoms with Gasteiger partial charge in [0.05, 0.1) is 12.3 Å². The number of aliphatic hydroxyl groups is 1. The van der Waals surface area contributed by atoms with Crippen molar-refractivity contribution >= 4 is 11.3 Å². The van der Waals surface area contributed by atoms with Crippen molar-refractivity contribution in [2.45, 2.75) is 58.7 Å². The summed E-state index contributed by atoms with van der Waals surface area (Å²) >= 11 is 1.76. The molecule has 0 radical (unpaired) electrons. The van der Waals surface area contributed by atoms with Gasteiger partial charge in [-0.05, 0) is 23.9 Å². The van der Waals surface area contributed by atoms with Crippen LogP contribution in [0.1, 0.15) is 50.4 Å². The molecule has 0 aromatic carbocycles. The summed E-state index contributed by atoms with van der Waals surface area (Å²) in [4.78, 5) is 3.65. The molecule has 122 valence electrons. The molecule has 0 bridgehead atoms. The monoisotopic (exact) mass is 321 g/mol. The molecule has 5 heteroatoms. The van der Waals surface area contributed by atoms with Gasteiger partial charge in [-0.1, -0.05) is 33.8 Å². The quantitative estimate of drug-likeness (QED) is 0.820. The molecular weight excluding hydrogens is 294 g/mol.